The van der Waals surface area contributed by atoms with Crippen molar-refractivity contribution in [3.63, 3.8) is 0 Å². The van der Waals surface area contributed by atoms with Gasteiger partial charge in [0.15, 0.2) is 0 Å². The van der Waals surface area contributed by atoms with E-state index in [0.29, 0.717) is 36.3 Å². The first kappa shape index (κ1) is 16.4. The Hall–Kier alpha value is -1.95. The molecular formula is C16H24N2O4. The topological polar surface area (TPSA) is 68.8 Å². The summed E-state index contributed by atoms with van der Waals surface area (Å²) in [5.41, 5.74) is 0.804. The molecule has 1 unspecified atom stereocenters. The summed E-state index contributed by atoms with van der Waals surface area (Å²) in [5, 5.41) is 6.25. The first-order chi connectivity index (χ1) is 10.7. The molecule has 0 radical (unpaired) electrons. The van der Waals surface area contributed by atoms with Gasteiger partial charge in [-0.2, -0.15) is 0 Å². The number of carbonyl (C=O) groups excluding carboxylic acids is 1. The molecular weight excluding hydrogens is 284 g/mol. The molecule has 1 aromatic rings. The molecule has 122 valence electrons. The average molecular weight is 308 g/mol. The molecule has 2 rings (SSSR count). The van der Waals surface area contributed by atoms with Crippen LogP contribution in [0.2, 0.25) is 0 Å². The molecule has 2 N–H and O–H groups in total. The predicted octanol–water partition coefficient (Wildman–Crippen LogP) is 1.47. The maximum absolute atomic E-state index is 12.0. The van der Waals surface area contributed by atoms with Crippen LogP contribution in [0.15, 0.2) is 12.1 Å². The van der Waals surface area contributed by atoms with E-state index in [0.717, 1.165) is 24.9 Å². The van der Waals surface area contributed by atoms with Crippen molar-refractivity contribution in [3.05, 3.63) is 17.7 Å². The molecule has 0 bridgehead atoms. The van der Waals surface area contributed by atoms with E-state index in [2.05, 4.69) is 10.6 Å². The quantitative estimate of drug-likeness (QED) is 0.798. The van der Waals surface area contributed by atoms with E-state index in [4.69, 9.17) is 14.2 Å². The number of nitrogens with one attached hydrogen (secondary N) is 2. The van der Waals surface area contributed by atoms with Crippen LogP contribution in [0.1, 0.15) is 24.8 Å². The number of ether oxygens (including phenoxy) is 3. The van der Waals surface area contributed by atoms with Crippen molar-refractivity contribution in [2.24, 2.45) is 0 Å². The Morgan fingerprint density at radius 1 is 1.23 bits per heavy atom. The number of hydrogen-bond donors (Lipinski definition) is 2. The SMILES string of the molecule is COc1cc(OC)c(CNC(=O)CC2CCCN2)c(OC)c1. The lowest BCUT2D eigenvalue weighted by Crippen LogP contribution is -2.31. The highest BCUT2D eigenvalue weighted by atomic mass is 16.5. The third-order valence-corrected chi connectivity index (χ3v) is 3.87. The molecule has 1 aliphatic heterocycles. The van der Waals surface area contributed by atoms with Crippen LogP contribution in [-0.2, 0) is 11.3 Å². The molecule has 22 heavy (non-hydrogen) atoms. The summed E-state index contributed by atoms with van der Waals surface area (Å²) in [5.74, 6) is 1.95. The smallest absolute Gasteiger partial charge is 0.221 e. The summed E-state index contributed by atoms with van der Waals surface area (Å²) in [7, 11) is 4.76. The molecule has 1 heterocycles. The highest BCUT2D eigenvalue weighted by molar-refractivity contribution is 5.76. The van der Waals surface area contributed by atoms with Crippen LogP contribution in [0.4, 0.5) is 0 Å². The van der Waals surface area contributed by atoms with E-state index in [1.54, 1.807) is 33.5 Å². The highest BCUT2D eigenvalue weighted by Crippen LogP contribution is 2.33. The molecule has 0 aliphatic carbocycles. The van der Waals surface area contributed by atoms with Gasteiger partial charge in [-0.1, -0.05) is 0 Å². The van der Waals surface area contributed by atoms with Crippen LogP contribution in [0.3, 0.4) is 0 Å². The lowest BCUT2D eigenvalue weighted by atomic mass is 10.1. The standard InChI is InChI=1S/C16H24N2O4/c1-20-12-8-14(21-2)13(15(9-12)22-3)10-18-16(19)7-11-5-4-6-17-11/h8-9,11,17H,4-7,10H2,1-3H3,(H,18,19). The molecule has 0 spiro atoms. The van der Waals surface area contributed by atoms with Crippen molar-refractivity contribution in [2.75, 3.05) is 27.9 Å². The lowest BCUT2D eigenvalue weighted by molar-refractivity contribution is -0.121. The summed E-state index contributed by atoms with van der Waals surface area (Å²) < 4.78 is 16.0. The third-order valence-electron chi connectivity index (χ3n) is 3.87. The average Bonchev–Trinajstić information content (AvgIpc) is 3.04. The Morgan fingerprint density at radius 2 is 1.91 bits per heavy atom. The fourth-order valence-corrected chi connectivity index (χ4v) is 2.67. The van der Waals surface area contributed by atoms with Gasteiger partial charge >= 0.3 is 0 Å². The van der Waals surface area contributed by atoms with Gasteiger partial charge in [0.05, 0.1) is 33.4 Å². The normalized spacial score (nSPS) is 17.1. The largest absolute Gasteiger partial charge is 0.496 e. The van der Waals surface area contributed by atoms with Gasteiger partial charge in [-0.15, -0.1) is 0 Å². The van der Waals surface area contributed by atoms with Crippen molar-refractivity contribution in [3.8, 4) is 17.2 Å². The van der Waals surface area contributed by atoms with Gasteiger partial charge < -0.3 is 24.8 Å². The number of hydrogen-bond acceptors (Lipinski definition) is 5. The van der Waals surface area contributed by atoms with E-state index in [1.165, 1.54) is 0 Å². The molecule has 1 amide bonds. The van der Waals surface area contributed by atoms with E-state index in [1.807, 2.05) is 0 Å². The van der Waals surface area contributed by atoms with Gasteiger partial charge in [-0.3, -0.25) is 4.79 Å². The zero-order chi connectivity index (χ0) is 15.9. The molecule has 1 fully saturated rings. The van der Waals surface area contributed by atoms with Crippen LogP contribution in [0, 0.1) is 0 Å². The number of carbonyl (C=O) groups is 1. The minimum Gasteiger partial charge on any atom is -0.496 e. The minimum absolute atomic E-state index is 0.0272. The number of methoxy groups -OCH3 is 3. The van der Waals surface area contributed by atoms with Crippen molar-refractivity contribution < 1.29 is 19.0 Å². The molecule has 1 atom stereocenters. The summed E-state index contributed by atoms with van der Waals surface area (Å²) in [4.78, 5) is 12.0. The second-order valence-electron chi connectivity index (χ2n) is 5.28. The Labute approximate surface area is 131 Å². The van der Waals surface area contributed by atoms with Crippen molar-refractivity contribution in [1.82, 2.24) is 10.6 Å². The van der Waals surface area contributed by atoms with Crippen LogP contribution < -0.4 is 24.8 Å². The van der Waals surface area contributed by atoms with Crippen LogP contribution in [0.25, 0.3) is 0 Å². The maximum Gasteiger partial charge on any atom is 0.221 e. The van der Waals surface area contributed by atoms with Gasteiger partial charge in [0.2, 0.25) is 5.91 Å². The summed E-state index contributed by atoms with van der Waals surface area (Å²) in [6, 6.07) is 3.85. The first-order valence-electron chi connectivity index (χ1n) is 7.47. The molecule has 0 aromatic heterocycles. The summed E-state index contributed by atoms with van der Waals surface area (Å²) >= 11 is 0. The zero-order valence-electron chi connectivity index (χ0n) is 13.4. The van der Waals surface area contributed by atoms with Gasteiger partial charge in [-0.25, -0.2) is 0 Å². The van der Waals surface area contributed by atoms with Gasteiger partial charge in [-0.05, 0) is 19.4 Å². The monoisotopic (exact) mass is 308 g/mol. The number of rotatable bonds is 7. The van der Waals surface area contributed by atoms with Gasteiger partial charge in [0, 0.05) is 24.6 Å². The lowest BCUT2D eigenvalue weighted by Gasteiger charge is -2.16. The Bertz CT molecular complexity index is 488. The summed E-state index contributed by atoms with van der Waals surface area (Å²) in [6.45, 7) is 1.36. The van der Waals surface area contributed by atoms with Crippen molar-refractivity contribution in [1.29, 1.82) is 0 Å². The van der Waals surface area contributed by atoms with Crippen LogP contribution in [0.5, 0.6) is 17.2 Å². The van der Waals surface area contributed by atoms with Crippen LogP contribution in [-0.4, -0.2) is 39.8 Å². The van der Waals surface area contributed by atoms with Crippen molar-refractivity contribution >= 4 is 5.91 Å². The molecule has 6 nitrogen and oxygen atoms in total. The number of benzene rings is 1. The minimum atomic E-state index is 0.0272. The Morgan fingerprint density at radius 3 is 2.41 bits per heavy atom. The highest BCUT2D eigenvalue weighted by Gasteiger charge is 2.19. The fraction of sp³-hybridized carbons (Fsp3) is 0.562. The van der Waals surface area contributed by atoms with E-state index in [-0.39, 0.29) is 5.91 Å². The Balaban J connectivity index is 2.02. The molecule has 6 heteroatoms. The predicted molar refractivity (Wildman–Crippen MR) is 83.6 cm³/mol. The van der Waals surface area contributed by atoms with E-state index >= 15 is 0 Å². The zero-order valence-corrected chi connectivity index (χ0v) is 13.4. The molecule has 1 aromatic carbocycles. The van der Waals surface area contributed by atoms with Crippen molar-refractivity contribution in [2.45, 2.75) is 31.8 Å². The third kappa shape index (κ3) is 4.04. The summed E-state index contributed by atoms with van der Waals surface area (Å²) in [6.07, 6.45) is 2.70. The Kier molecular flexibility index (Phi) is 5.89. The second-order valence-corrected chi connectivity index (χ2v) is 5.28. The van der Waals surface area contributed by atoms with E-state index < -0.39 is 0 Å². The fourth-order valence-electron chi connectivity index (χ4n) is 2.67. The first-order valence-corrected chi connectivity index (χ1v) is 7.47. The molecule has 0 saturated carbocycles. The van der Waals surface area contributed by atoms with Gasteiger partial charge in [0.1, 0.15) is 17.2 Å². The van der Waals surface area contributed by atoms with E-state index in [9.17, 15) is 4.79 Å². The second kappa shape index (κ2) is 7.89. The number of amides is 1. The molecule has 1 aliphatic rings. The van der Waals surface area contributed by atoms with Crippen LogP contribution >= 0.6 is 0 Å². The van der Waals surface area contributed by atoms with Gasteiger partial charge in [0.25, 0.3) is 0 Å². The maximum atomic E-state index is 12.0. The molecule has 1 saturated heterocycles.